The van der Waals surface area contributed by atoms with Gasteiger partial charge in [-0.25, -0.2) is 5.84 Å². The van der Waals surface area contributed by atoms with Crippen molar-refractivity contribution in [2.75, 3.05) is 7.11 Å². The number of carbonyl (C=O) groups excluding carboxylic acids is 1. The molecule has 1 aromatic rings. The number of benzene rings is 1. The van der Waals surface area contributed by atoms with Crippen LogP contribution >= 0.6 is 11.6 Å². The Bertz CT molecular complexity index is 408. The van der Waals surface area contributed by atoms with Crippen LogP contribution < -0.4 is 16.0 Å². The highest BCUT2D eigenvalue weighted by Gasteiger charge is 2.07. The van der Waals surface area contributed by atoms with E-state index in [1.807, 2.05) is 19.1 Å². The predicted molar refractivity (Wildman–Crippen MR) is 68.0 cm³/mol. The Labute approximate surface area is 106 Å². The van der Waals surface area contributed by atoms with Crippen LogP contribution in [0.4, 0.5) is 0 Å². The lowest BCUT2D eigenvalue weighted by molar-refractivity contribution is -0.121. The third kappa shape index (κ3) is 3.91. The van der Waals surface area contributed by atoms with Gasteiger partial charge in [-0.15, -0.1) is 0 Å². The van der Waals surface area contributed by atoms with Gasteiger partial charge in [0.2, 0.25) is 5.91 Å². The van der Waals surface area contributed by atoms with Crippen LogP contribution in [0, 0.1) is 6.92 Å². The molecular weight excluding hydrogens is 240 g/mol. The zero-order chi connectivity index (χ0) is 12.8. The Morgan fingerprint density at radius 1 is 1.53 bits per heavy atom. The number of methoxy groups -OCH3 is 1. The lowest BCUT2D eigenvalue weighted by Crippen LogP contribution is -2.29. The highest BCUT2D eigenvalue weighted by Crippen LogP contribution is 2.28. The van der Waals surface area contributed by atoms with Crippen molar-refractivity contribution in [2.45, 2.75) is 26.2 Å². The van der Waals surface area contributed by atoms with E-state index in [1.165, 1.54) is 0 Å². The zero-order valence-corrected chi connectivity index (χ0v) is 10.8. The smallest absolute Gasteiger partial charge is 0.233 e. The van der Waals surface area contributed by atoms with Crippen molar-refractivity contribution in [3.63, 3.8) is 0 Å². The van der Waals surface area contributed by atoms with E-state index >= 15 is 0 Å². The first-order valence-corrected chi connectivity index (χ1v) is 5.78. The Morgan fingerprint density at radius 3 is 2.82 bits per heavy atom. The van der Waals surface area contributed by atoms with Gasteiger partial charge in [-0.3, -0.25) is 10.2 Å². The maximum Gasteiger partial charge on any atom is 0.233 e. The zero-order valence-electron chi connectivity index (χ0n) is 10.0. The van der Waals surface area contributed by atoms with Crippen molar-refractivity contribution in [3.05, 3.63) is 28.3 Å². The summed E-state index contributed by atoms with van der Waals surface area (Å²) in [4.78, 5) is 11.0. The molecule has 94 valence electrons. The Kier molecular flexibility index (Phi) is 5.25. The third-order valence-electron chi connectivity index (χ3n) is 2.62. The summed E-state index contributed by atoms with van der Waals surface area (Å²) in [5.74, 6) is 5.53. The van der Waals surface area contributed by atoms with Gasteiger partial charge in [-0.1, -0.05) is 11.6 Å². The molecule has 1 amide bonds. The van der Waals surface area contributed by atoms with E-state index in [1.54, 1.807) is 7.11 Å². The summed E-state index contributed by atoms with van der Waals surface area (Å²) in [6.07, 6.45) is 1.95. The molecule has 0 aromatic heterocycles. The molecule has 1 aromatic carbocycles. The fourth-order valence-electron chi connectivity index (χ4n) is 1.63. The Hall–Kier alpha value is -1.26. The minimum Gasteiger partial charge on any atom is -0.495 e. The van der Waals surface area contributed by atoms with E-state index < -0.39 is 0 Å². The second kappa shape index (κ2) is 6.47. The highest BCUT2D eigenvalue weighted by molar-refractivity contribution is 6.32. The quantitative estimate of drug-likeness (QED) is 0.481. The SMILES string of the molecule is COc1cc(C)c(CCCC(=O)NN)cc1Cl. The van der Waals surface area contributed by atoms with Crippen LogP contribution in [-0.2, 0) is 11.2 Å². The number of rotatable bonds is 5. The summed E-state index contributed by atoms with van der Waals surface area (Å²) in [5, 5.41) is 0.594. The average molecular weight is 257 g/mol. The molecule has 0 atom stereocenters. The van der Waals surface area contributed by atoms with E-state index in [4.69, 9.17) is 22.2 Å². The predicted octanol–water partition coefficient (Wildman–Crippen LogP) is 1.97. The van der Waals surface area contributed by atoms with Crippen molar-refractivity contribution in [3.8, 4) is 5.75 Å². The maximum absolute atomic E-state index is 11.0. The van der Waals surface area contributed by atoms with Crippen molar-refractivity contribution in [1.29, 1.82) is 0 Å². The minimum absolute atomic E-state index is 0.151. The second-order valence-electron chi connectivity index (χ2n) is 3.83. The molecule has 0 spiro atoms. The summed E-state index contributed by atoms with van der Waals surface area (Å²) in [6.45, 7) is 2.00. The molecule has 5 heteroatoms. The number of nitrogens with one attached hydrogen (secondary N) is 1. The van der Waals surface area contributed by atoms with E-state index in [0.29, 0.717) is 17.2 Å². The van der Waals surface area contributed by atoms with E-state index in [0.717, 1.165) is 24.0 Å². The van der Waals surface area contributed by atoms with E-state index in [-0.39, 0.29) is 5.91 Å². The molecule has 0 aliphatic carbocycles. The maximum atomic E-state index is 11.0. The van der Waals surface area contributed by atoms with Crippen LogP contribution in [0.5, 0.6) is 5.75 Å². The lowest BCUT2D eigenvalue weighted by Gasteiger charge is -2.10. The Balaban J connectivity index is 2.65. The molecule has 0 aliphatic rings. The first-order valence-electron chi connectivity index (χ1n) is 5.41. The Morgan fingerprint density at radius 2 is 2.24 bits per heavy atom. The summed E-state index contributed by atoms with van der Waals surface area (Å²) in [7, 11) is 1.59. The molecule has 0 saturated carbocycles. The number of amides is 1. The summed E-state index contributed by atoms with van der Waals surface area (Å²) in [6, 6.07) is 3.79. The fraction of sp³-hybridized carbons (Fsp3) is 0.417. The first kappa shape index (κ1) is 13.8. The number of hydrogen-bond donors (Lipinski definition) is 2. The number of aryl methyl sites for hydroxylation is 2. The molecule has 0 heterocycles. The molecule has 1 rings (SSSR count). The van der Waals surface area contributed by atoms with Gasteiger partial charge >= 0.3 is 0 Å². The van der Waals surface area contributed by atoms with Gasteiger partial charge in [0, 0.05) is 6.42 Å². The number of halogens is 1. The normalized spacial score (nSPS) is 10.1. The van der Waals surface area contributed by atoms with Crippen LogP contribution in [0.2, 0.25) is 5.02 Å². The monoisotopic (exact) mass is 256 g/mol. The first-order chi connectivity index (χ1) is 8.08. The van der Waals surface area contributed by atoms with E-state index in [9.17, 15) is 4.79 Å². The van der Waals surface area contributed by atoms with Crippen LogP contribution in [0.25, 0.3) is 0 Å². The molecule has 0 radical (unpaired) electrons. The van der Waals surface area contributed by atoms with Gasteiger partial charge in [-0.05, 0) is 43.0 Å². The van der Waals surface area contributed by atoms with Crippen molar-refractivity contribution >= 4 is 17.5 Å². The van der Waals surface area contributed by atoms with Gasteiger partial charge in [0.05, 0.1) is 12.1 Å². The number of hydrazine groups is 1. The minimum atomic E-state index is -0.151. The van der Waals surface area contributed by atoms with Crippen LogP contribution in [-0.4, -0.2) is 13.0 Å². The number of ether oxygens (including phenoxy) is 1. The average Bonchev–Trinajstić information content (AvgIpc) is 2.32. The second-order valence-corrected chi connectivity index (χ2v) is 4.24. The standard InChI is InChI=1S/C12H17ClN2O2/c1-8-6-11(17-2)10(13)7-9(8)4-3-5-12(16)15-14/h6-7H,3-5,14H2,1-2H3,(H,15,16). The van der Waals surface area contributed by atoms with Crippen LogP contribution in [0.15, 0.2) is 12.1 Å². The third-order valence-corrected chi connectivity index (χ3v) is 2.92. The molecular formula is C12H17ClN2O2. The van der Waals surface area contributed by atoms with Crippen LogP contribution in [0.3, 0.4) is 0 Å². The molecule has 17 heavy (non-hydrogen) atoms. The van der Waals surface area contributed by atoms with Gasteiger partial charge in [0.15, 0.2) is 0 Å². The fourth-order valence-corrected chi connectivity index (χ4v) is 1.90. The van der Waals surface area contributed by atoms with E-state index in [2.05, 4.69) is 5.43 Å². The van der Waals surface area contributed by atoms with Crippen molar-refractivity contribution < 1.29 is 9.53 Å². The number of carbonyl (C=O) groups is 1. The van der Waals surface area contributed by atoms with Crippen molar-refractivity contribution in [2.24, 2.45) is 5.84 Å². The molecule has 0 bridgehead atoms. The summed E-state index contributed by atoms with van der Waals surface area (Å²) >= 11 is 6.05. The van der Waals surface area contributed by atoms with Gasteiger partial charge in [0.1, 0.15) is 5.75 Å². The van der Waals surface area contributed by atoms with Gasteiger partial charge < -0.3 is 4.74 Å². The molecule has 4 nitrogen and oxygen atoms in total. The molecule has 3 N–H and O–H groups in total. The largest absolute Gasteiger partial charge is 0.495 e. The topological polar surface area (TPSA) is 64.3 Å². The summed E-state index contributed by atoms with van der Waals surface area (Å²) in [5.41, 5.74) is 4.35. The van der Waals surface area contributed by atoms with Crippen LogP contribution in [0.1, 0.15) is 24.0 Å². The molecule has 0 saturated heterocycles. The van der Waals surface area contributed by atoms with Crippen molar-refractivity contribution in [1.82, 2.24) is 5.43 Å². The number of nitrogens with two attached hydrogens (primary N) is 1. The molecule has 0 aliphatic heterocycles. The highest BCUT2D eigenvalue weighted by atomic mass is 35.5. The van der Waals surface area contributed by atoms with Gasteiger partial charge in [0.25, 0.3) is 0 Å². The molecule has 0 fully saturated rings. The lowest BCUT2D eigenvalue weighted by atomic mass is 10.0. The number of hydrogen-bond acceptors (Lipinski definition) is 3. The summed E-state index contributed by atoms with van der Waals surface area (Å²) < 4.78 is 5.13. The van der Waals surface area contributed by atoms with Gasteiger partial charge in [-0.2, -0.15) is 0 Å². The molecule has 0 unspecified atom stereocenters.